The SMILES string of the molecule is CN=C(NCCc1ccc(OC)c(OC)c1)NCC(C)CN1CCCCC1.I. The van der Waals surface area contributed by atoms with E-state index in [0.717, 1.165) is 43.5 Å². The molecule has 1 aromatic carbocycles. The van der Waals surface area contributed by atoms with E-state index in [2.05, 4.69) is 33.5 Å². The molecule has 2 rings (SSSR count). The standard InChI is InChI=1S/C21H36N4O2.HI/c1-17(16-25-12-6-5-7-13-25)15-24-21(22-2)23-11-10-18-8-9-19(26-3)20(14-18)27-4;/h8-9,14,17H,5-7,10-13,15-16H2,1-4H3,(H2,22,23,24);1H. The van der Waals surface area contributed by atoms with Crippen LogP contribution in [0.2, 0.25) is 0 Å². The van der Waals surface area contributed by atoms with Crippen LogP contribution in [0.5, 0.6) is 11.5 Å². The third-order valence-electron chi connectivity index (χ3n) is 5.01. The van der Waals surface area contributed by atoms with E-state index in [9.17, 15) is 0 Å². The summed E-state index contributed by atoms with van der Waals surface area (Å²) in [6.07, 6.45) is 4.98. The summed E-state index contributed by atoms with van der Waals surface area (Å²) in [5.41, 5.74) is 1.20. The van der Waals surface area contributed by atoms with Gasteiger partial charge in [0.15, 0.2) is 17.5 Å². The van der Waals surface area contributed by atoms with Gasteiger partial charge in [-0.2, -0.15) is 0 Å². The number of rotatable bonds is 9. The van der Waals surface area contributed by atoms with Crippen molar-refractivity contribution in [2.75, 3.05) is 54.0 Å². The number of hydrogen-bond donors (Lipinski definition) is 2. The predicted molar refractivity (Wildman–Crippen MR) is 127 cm³/mol. The van der Waals surface area contributed by atoms with Gasteiger partial charge in [0.1, 0.15) is 0 Å². The van der Waals surface area contributed by atoms with E-state index in [4.69, 9.17) is 9.47 Å². The molecule has 2 N–H and O–H groups in total. The van der Waals surface area contributed by atoms with Crippen LogP contribution >= 0.6 is 24.0 Å². The molecule has 28 heavy (non-hydrogen) atoms. The van der Waals surface area contributed by atoms with Crippen molar-refractivity contribution >= 4 is 29.9 Å². The first kappa shape index (κ1) is 24.8. The highest BCUT2D eigenvalue weighted by atomic mass is 127. The molecular formula is C21H37IN4O2. The fourth-order valence-corrected chi connectivity index (χ4v) is 3.50. The summed E-state index contributed by atoms with van der Waals surface area (Å²) in [5, 5.41) is 6.85. The minimum absolute atomic E-state index is 0. The average Bonchev–Trinajstić information content (AvgIpc) is 2.71. The van der Waals surface area contributed by atoms with Gasteiger partial charge in [-0.15, -0.1) is 24.0 Å². The highest BCUT2D eigenvalue weighted by Crippen LogP contribution is 2.27. The Bertz CT molecular complexity index is 592. The van der Waals surface area contributed by atoms with Crippen LogP contribution in [0.1, 0.15) is 31.7 Å². The Morgan fingerprint density at radius 1 is 1.11 bits per heavy atom. The third-order valence-corrected chi connectivity index (χ3v) is 5.01. The second-order valence-electron chi connectivity index (χ2n) is 7.29. The number of guanidine groups is 1. The fraction of sp³-hybridized carbons (Fsp3) is 0.667. The van der Waals surface area contributed by atoms with Crippen molar-refractivity contribution in [2.24, 2.45) is 10.9 Å². The lowest BCUT2D eigenvalue weighted by molar-refractivity contribution is 0.201. The van der Waals surface area contributed by atoms with Gasteiger partial charge in [0.25, 0.3) is 0 Å². The largest absolute Gasteiger partial charge is 0.493 e. The molecule has 0 bridgehead atoms. The van der Waals surface area contributed by atoms with Crippen LogP contribution in [0.15, 0.2) is 23.2 Å². The number of methoxy groups -OCH3 is 2. The van der Waals surface area contributed by atoms with Crippen molar-refractivity contribution < 1.29 is 9.47 Å². The Balaban J connectivity index is 0.00000392. The van der Waals surface area contributed by atoms with E-state index >= 15 is 0 Å². The van der Waals surface area contributed by atoms with Crippen molar-refractivity contribution in [1.29, 1.82) is 0 Å². The average molecular weight is 504 g/mol. The van der Waals surface area contributed by atoms with Crippen LogP contribution in [0.25, 0.3) is 0 Å². The molecule has 1 aromatic rings. The molecule has 1 unspecified atom stereocenters. The van der Waals surface area contributed by atoms with Crippen molar-refractivity contribution in [3.63, 3.8) is 0 Å². The van der Waals surface area contributed by atoms with Crippen LogP contribution in [0.4, 0.5) is 0 Å². The maximum Gasteiger partial charge on any atom is 0.190 e. The minimum Gasteiger partial charge on any atom is -0.493 e. The smallest absolute Gasteiger partial charge is 0.190 e. The zero-order valence-corrected chi connectivity index (χ0v) is 20.1. The van der Waals surface area contributed by atoms with Gasteiger partial charge < -0.3 is 25.0 Å². The lowest BCUT2D eigenvalue weighted by Crippen LogP contribution is -2.42. The summed E-state index contributed by atoms with van der Waals surface area (Å²) < 4.78 is 10.7. The van der Waals surface area contributed by atoms with E-state index in [0.29, 0.717) is 5.92 Å². The Labute approximate surface area is 187 Å². The van der Waals surface area contributed by atoms with Crippen molar-refractivity contribution in [2.45, 2.75) is 32.6 Å². The first-order chi connectivity index (χ1) is 13.2. The van der Waals surface area contributed by atoms with E-state index in [1.54, 1.807) is 14.2 Å². The Kier molecular flexibility index (Phi) is 12.3. The molecule has 1 aliphatic rings. The van der Waals surface area contributed by atoms with Gasteiger partial charge in [-0.1, -0.05) is 19.4 Å². The number of hydrogen-bond acceptors (Lipinski definition) is 4. The zero-order chi connectivity index (χ0) is 19.5. The van der Waals surface area contributed by atoms with Crippen LogP contribution in [-0.4, -0.2) is 64.9 Å². The molecule has 7 heteroatoms. The van der Waals surface area contributed by atoms with Crippen molar-refractivity contribution in [3.8, 4) is 11.5 Å². The number of halogens is 1. The molecule has 6 nitrogen and oxygen atoms in total. The Morgan fingerprint density at radius 3 is 2.46 bits per heavy atom. The molecular weight excluding hydrogens is 467 g/mol. The summed E-state index contributed by atoms with van der Waals surface area (Å²) in [5.74, 6) is 2.99. The highest BCUT2D eigenvalue weighted by molar-refractivity contribution is 14.0. The summed E-state index contributed by atoms with van der Waals surface area (Å²) in [7, 11) is 5.14. The van der Waals surface area contributed by atoms with Crippen LogP contribution in [-0.2, 0) is 6.42 Å². The first-order valence-corrected chi connectivity index (χ1v) is 10.0. The predicted octanol–water partition coefficient (Wildman–Crippen LogP) is 3.15. The third kappa shape index (κ3) is 8.43. The van der Waals surface area contributed by atoms with Crippen molar-refractivity contribution in [3.05, 3.63) is 23.8 Å². The molecule has 1 heterocycles. The molecule has 1 aliphatic heterocycles. The Hall–Kier alpha value is -1.22. The summed E-state index contributed by atoms with van der Waals surface area (Å²) >= 11 is 0. The molecule has 0 aliphatic carbocycles. The molecule has 0 radical (unpaired) electrons. The quantitative estimate of drug-likeness (QED) is 0.308. The zero-order valence-electron chi connectivity index (χ0n) is 17.8. The van der Waals surface area contributed by atoms with Gasteiger partial charge in [-0.25, -0.2) is 0 Å². The van der Waals surface area contributed by atoms with E-state index in [1.165, 1.54) is 37.9 Å². The number of benzene rings is 1. The molecule has 0 spiro atoms. The van der Waals surface area contributed by atoms with Gasteiger partial charge >= 0.3 is 0 Å². The monoisotopic (exact) mass is 504 g/mol. The molecule has 1 saturated heterocycles. The normalized spacial score (nSPS) is 16.1. The van der Waals surface area contributed by atoms with Gasteiger partial charge in [0.2, 0.25) is 0 Å². The van der Waals surface area contributed by atoms with Crippen LogP contribution in [0.3, 0.4) is 0 Å². The number of nitrogens with zero attached hydrogens (tertiary/aromatic N) is 2. The maximum atomic E-state index is 5.37. The fourth-order valence-electron chi connectivity index (χ4n) is 3.50. The molecule has 0 amide bonds. The minimum atomic E-state index is 0. The van der Waals surface area contributed by atoms with Crippen LogP contribution in [0, 0.1) is 5.92 Å². The lowest BCUT2D eigenvalue weighted by Gasteiger charge is -2.29. The second-order valence-corrected chi connectivity index (χ2v) is 7.29. The number of likely N-dealkylation sites (tertiary alicyclic amines) is 1. The molecule has 0 aromatic heterocycles. The molecule has 1 fully saturated rings. The summed E-state index contributed by atoms with van der Waals surface area (Å²) in [4.78, 5) is 6.92. The van der Waals surface area contributed by atoms with E-state index in [-0.39, 0.29) is 24.0 Å². The molecule has 0 saturated carbocycles. The molecule has 160 valence electrons. The van der Waals surface area contributed by atoms with Gasteiger partial charge in [-0.3, -0.25) is 4.99 Å². The second kappa shape index (κ2) is 13.9. The highest BCUT2D eigenvalue weighted by Gasteiger charge is 2.13. The summed E-state index contributed by atoms with van der Waals surface area (Å²) in [6, 6.07) is 6.04. The molecule has 1 atom stereocenters. The lowest BCUT2D eigenvalue weighted by atomic mass is 10.1. The van der Waals surface area contributed by atoms with E-state index < -0.39 is 0 Å². The van der Waals surface area contributed by atoms with Gasteiger partial charge in [0.05, 0.1) is 14.2 Å². The number of piperidine rings is 1. The Morgan fingerprint density at radius 2 is 1.82 bits per heavy atom. The van der Waals surface area contributed by atoms with Crippen LogP contribution < -0.4 is 20.1 Å². The van der Waals surface area contributed by atoms with Gasteiger partial charge in [0, 0.05) is 26.7 Å². The van der Waals surface area contributed by atoms with Gasteiger partial charge in [-0.05, 0) is 56.0 Å². The first-order valence-electron chi connectivity index (χ1n) is 10.0. The topological polar surface area (TPSA) is 58.1 Å². The number of nitrogens with one attached hydrogen (secondary N) is 2. The van der Waals surface area contributed by atoms with E-state index in [1.807, 2.05) is 19.2 Å². The summed E-state index contributed by atoms with van der Waals surface area (Å²) in [6.45, 7) is 7.72. The number of aliphatic imine (C=N–C) groups is 1. The maximum absolute atomic E-state index is 5.37. The number of ether oxygens (including phenoxy) is 2. The van der Waals surface area contributed by atoms with Crippen molar-refractivity contribution in [1.82, 2.24) is 15.5 Å².